The lowest BCUT2D eigenvalue weighted by atomic mass is 10.2. The number of H-pyrrole nitrogens is 1. The van der Waals surface area contributed by atoms with Gasteiger partial charge in [0.25, 0.3) is 0 Å². The second kappa shape index (κ2) is 9.61. The quantitative estimate of drug-likeness (QED) is 0.283. The molecule has 0 amide bonds. The van der Waals surface area contributed by atoms with Crippen LogP contribution in [0.15, 0.2) is 62.6 Å². The van der Waals surface area contributed by atoms with Gasteiger partial charge in [-0.2, -0.15) is 0 Å². The Hall–Kier alpha value is -3.93. The fourth-order valence-corrected chi connectivity index (χ4v) is 4.98. The summed E-state index contributed by atoms with van der Waals surface area (Å²) in [7, 11) is -3.18. The molecule has 0 radical (unpaired) electrons. The maximum absolute atomic E-state index is 13.5. The predicted octanol–water partition coefficient (Wildman–Crippen LogP) is 1.94. The predicted molar refractivity (Wildman–Crippen MR) is 135 cm³/mol. The second-order valence-electron chi connectivity index (χ2n) is 8.81. The third-order valence-corrected chi connectivity index (χ3v) is 7.10. The van der Waals surface area contributed by atoms with E-state index in [2.05, 4.69) is 14.7 Å². The van der Waals surface area contributed by atoms with Crippen LogP contribution in [0.4, 0.5) is 0 Å². The molecule has 0 aliphatic heterocycles. The van der Waals surface area contributed by atoms with Crippen LogP contribution in [0.5, 0.6) is 0 Å². The zero-order valence-electron chi connectivity index (χ0n) is 19.8. The van der Waals surface area contributed by atoms with Crippen molar-refractivity contribution < 1.29 is 12.9 Å². The summed E-state index contributed by atoms with van der Waals surface area (Å²) in [6.07, 6.45) is 3.18. The van der Waals surface area contributed by atoms with Gasteiger partial charge in [0.1, 0.15) is 15.7 Å². The van der Waals surface area contributed by atoms with Crippen molar-refractivity contribution in [2.45, 2.75) is 38.9 Å². The van der Waals surface area contributed by atoms with Crippen molar-refractivity contribution in [3.8, 4) is 0 Å². The van der Waals surface area contributed by atoms with Gasteiger partial charge in [0.05, 0.1) is 34.4 Å². The first-order chi connectivity index (χ1) is 17.3. The summed E-state index contributed by atoms with van der Waals surface area (Å²) >= 11 is 0. The zero-order chi connectivity index (χ0) is 25.3. The smallest absolute Gasteiger partial charge is 0.325 e. The Morgan fingerprint density at radius 1 is 0.889 bits per heavy atom. The third-order valence-electron chi connectivity index (χ3n) is 6.17. The number of rotatable bonds is 10. The number of benzene rings is 2. The number of fused-ring (bicyclic) bond motifs is 2. The molecule has 0 saturated heterocycles. The van der Waals surface area contributed by atoms with Crippen LogP contribution in [-0.4, -0.2) is 49.3 Å². The molecular weight excluding hydrogens is 484 g/mol. The average Bonchev–Trinajstić information content (AvgIpc) is 3.50. The fourth-order valence-electron chi connectivity index (χ4n) is 4.47. The van der Waals surface area contributed by atoms with Crippen molar-refractivity contribution in [2.24, 2.45) is 0 Å². The highest BCUT2D eigenvalue weighted by molar-refractivity contribution is 7.90. The zero-order valence-corrected chi connectivity index (χ0v) is 20.6. The summed E-state index contributed by atoms with van der Waals surface area (Å²) in [6.45, 7) is 0.968. The molecule has 5 aromatic rings. The van der Waals surface area contributed by atoms with Crippen LogP contribution in [0.1, 0.15) is 24.5 Å². The summed E-state index contributed by atoms with van der Waals surface area (Å²) < 4.78 is 33.6. The first-order valence-electron chi connectivity index (χ1n) is 11.6. The molecule has 0 aliphatic rings. The van der Waals surface area contributed by atoms with E-state index in [4.69, 9.17) is 4.98 Å². The standard InChI is InChI=1S/C24H26N6O5S/c1-36(33,34)15-14-28-18-9-3-2-8-17(18)25-22(28)16-30-20-11-5-4-10-19(20)29(24(30)32)13-7-6-12-21-26-23(31)35-27-21/h2-5,8-11H,6-7,12-16H2,1H3,(H,26,27,31). The maximum atomic E-state index is 13.5. The molecule has 11 nitrogen and oxygen atoms in total. The molecule has 3 heterocycles. The summed E-state index contributed by atoms with van der Waals surface area (Å²) in [4.78, 5) is 31.9. The molecule has 0 fully saturated rings. The molecule has 36 heavy (non-hydrogen) atoms. The minimum absolute atomic E-state index is 0.0200. The number of imidazole rings is 2. The van der Waals surface area contributed by atoms with Crippen LogP contribution < -0.4 is 11.4 Å². The minimum atomic E-state index is -3.18. The third kappa shape index (κ3) is 4.89. The number of para-hydroxylation sites is 4. The van der Waals surface area contributed by atoms with Crippen molar-refractivity contribution >= 4 is 31.9 Å². The van der Waals surface area contributed by atoms with E-state index < -0.39 is 15.6 Å². The van der Waals surface area contributed by atoms with E-state index in [0.717, 1.165) is 28.5 Å². The Kier molecular flexibility index (Phi) is 6.35. The van der Waals surface area contributed by atoms with Crippen molar-refractivity contribution in [2.75, 3.05) is 12.0 Å². The molecule has 0 saturated carbocycles. The van der Waals surface area contributed by atoms with Crippen molar-refractivity contribution in [3.05, 3.63) is 81.2 Å². The molecule has 188 valence electrons. The molecule has 0 spiro atoms. The Balaban J connectivity index is 1.45. The highest BCUT2D eigenvalue weighted by Gasteiger charge is 2.18. The number of sulfone groups is 1. The molecular formula is C24H26N6O5S. The van der Waals surface area contributed by atoms with Crippen LogP contribution in [0.2, 0.25) is 0 Å². The van der Waals surface area contributed by atoms with Crippen LogP contribution in [-0.2, 0) is 35.9 Å². The molecule has 0 bridgehead atoms. The van der Waals surface area contributed by atoms with Gasteiger partial charge in [0, 0.05) is 25.8 Å². The van der Waals surface area contributed by atoms with Gasteiger partial charge in [-0.15, -0.1) is 0 Å². The molecule has 5 rings (SSSR count). The van der Waals surface area contributed by atoms with Crippen LogP contribution in [0.3, 0.4) is 0 Å². The SMILES string of the molecule is CS(=O)(=O)CCn1c(Cn2c(=O)n(CCCCc3noc(=O)[nH]3)c3ccccc32)nc2ccccc21. The van der Waals surface area contributed by atoms with Gasteiger partial charge in [-0.3, -0.25) is 18.6 Å². The Morgan fingerprint density at radius 3 is 2.28 bits per heavy atom. The van der Waals surface area contributed by atoms with Gasteiger partial charge < -0.3 is 4.57 Å². The van der Waals surface area contributed by atoms with Gasteiger partial charge in [0.2, 0.25) is 0 Å². The second-order valence-corrected chi connectivity index (χ2v) is 11.1. The summed E-state index contributed by atoms with van der Waals surface area (Å²) in [5, 5.41) is 3.67. The van der Waals surface area contributed by atoms with Gasteiger partial charge >= 0.3 is 11.4 Å². The van der Waals surface area contributed by atoms with Crippen molar-refractivity contribution in [1.29, 1.82) is 0 Å². The Morgan fingerprint density at radius 2 is 1.58 bits per heavy atom. The van der Waals surface area contributed by atoms with E-state index in [1.54, 1.807) is 9.13 Å². The maximum Gasteiger partial charge on any atom is 0.438 e. The number of nitrogens with zero attached hydrogens (tertiary/aromatic N) is 5. The highest BCUT2D eigenvalue weighted by Crippen LogP contribution is 2.20. The van der Waals surface area contributed by atoms with Gasteiger partial charge in [-0.1, -0.05) is 29.4 Å². The van der Waals surface area contributed by atoms with Crippen molar-refractivity contribution in [3.63, 3.8) is 0 Å². The molecule has 3 aromatic heterocycles. The van der Waals surface area contributed by atoms with E-state index in [1.165, 1.54) is 6.26 Å². The number of aromatic amines is 1. The molecule has 0 atom stereocenters. The molecule has 12 heteroatoms. The highest BCUT2D eigenvalue weighted by atomic mass is 32.2. The topological polar surface area (TPSA) is 138 Å². The van der Waals surface area contributed by atoms with E-state index in [-0.39, 0.29) is 24.5 Å². The Bertz CT molecular complexity index is 1750. The van der Waals surface area contributed by atoms with E-state index in [9.17, 15) is 18.0 Å². The first kappa shape index (κ1) is 23.8. The number of nitrogens with one attached hydrogen (secondary N) is 1. The number of unbranched alkanes of at least 4 members (excludes halogenated alkanes) is 1. The molecule has 2 aromatic carbocycles. The Labute approximate surface area is 205 Å². The van der Waals surface area contributed by atoms with Crippen LogP contribution >= 0.6 is 0 Å². The average molecular weight is 511 g/mol. The van der Waals surface area contributed by atoms with Crippen molar-refractivity contribution in [1.82, 2.24) is 28.8 Å². The fraction of sp³-hybridized carbons (Fsp3) is 0.333. The van der Waals surface area contributed by atoms with E-state index in [1.807, 2.05) is 53.1 Å². The summed E-state index contributed by atoms with van der Waals surface area (Å²) in [6, 6.07) is 15.1. The number of aryl methyl sites for hydroxylation is 3. The van der Waals surface area contributed by atoms with E-state index in [0.29, 0.717) is 31.0 Å². The number of hydrogen-bond donors (Lipinski definition) is 1. The normalized spacial score (nSPS) is 12.1. The summed E-state index contributed by atoms with van der Waals surface area (Å²) in [5.41, 5.74) is 3.02. The summed E-state index contributed by atoms with van der Waals surface area (Å²) in [5.74, 6) is 0.516. The molecule has 0 unspecified atom stereocenters. The lowest BCUT2D eigenvalue weighted by Crippen LogP contribution is -2.26. The monoisotopic (exact) mass is 510 g/mol. The number of aromatic nitrogens is 6. The van der Waals surface area contributed by atoms with E-state index >= 15 is 0 Å². The molecule has 1 N–H and O–H groups in total. The first-order valence-corrected chi connectivity index (χ1v) is 13.7. The van der Waals surface area contributed by atoms with Crippen LogP contribution in [0, 0.1) is 0 Å². The van der Waals surface area contributed by atoms with Gasteiger partial charge in [-0.05, 0) is 37.1 Å². The van der Waals surface area contributed by atoms with Gasteiger partial charge in [-0.25, -0.2) is 23.0 Å². The minimum Gasteiger partial charge on any atom is -0.325 e. The lowest BCUT2D eigenvalue weighted by Gasteiger charge is -2.09. The largest absolute Gasteiger partial charge is 0.438 e. The lowest BCUT2D eigenvalue weighted by molar-refractivity contribution is 0.380. The van der Waals surface area contributed by atoms with Crippen LogP contribution in [0.25, 0.3) is 22.1 Å². The van der Waals surface area contributed by atoms with Gasteiger partial charge in [0.15, 0.2) is 5.82 Å². The molecule has 0 aliphatic carbocycles. The number of hydrogen-bond acceptors (Lipinski definition) is 7.